The Bertz CT molecular complexity index is 247. The Kier molecular flexibility index (Phi) is 5.41. The van der Waals surface area contributed by atoms with E-state index in [-0.39, 0.29) is 5.50 Å². The molecule has 84 valence electrons. The van der Waals surface area contributed by atoms with Gasteiger partial charge in [-0.15, -0.1) is 0 Å². The first-order valence-corrected chi connectivity index (χ1v) is 6.38. The van der Waals surface area contributed by atoms with Gasteiger partial charge in [0.25, 0.3) is 0 Å². The molecule has 0 aromatic carbocycles. The Morgan fingerprint density at radius 1 is 1.33 bits per heavy atom. The van der Waals surface area contributed by atoms with Crippen molar-refractivity contribution in [3.63, 3.8) is 0 Å². The molecule has 3 nitrogen and oxygen atoms in total. The third-order valence-corrected chi connectivity index (χ3v) is 3.47. The molecule has 0 bridgehead atoms. The van der Waals surface area contributed by atoms with Crippen molar-refractivity contribution in [3.8, 4) is 5.40 Å². The van der Waals surface area contributed by atoms with Gasteiger partial charge in [0.15, 0.2) is 5.50 Å². The maximum atomic E-state index is 8.70. The van der Waals surface area contributed by atoms with Gasteiger partial charge >= 0.3 is 0 Å². The summed E-state index contributed by atoms with van der Waals surface area (Å²) >= 11 is 1.31. The standard InChI is InChI=1S/C11H19N3S/c1-3-4-5-6-7-14-9-8-13(2)11(14)15-10-12/h8-9,11H,3-7H2,1-2H3. The third kappa shape index (κ3) is 3.67. The highest BCUT2D eigenvalue weighted by atomic mass is 32.2. The lowest BCUT2D eigenvalue weighted by atomic mass is 10.2. The number of nitrogens with zero attached hydrogens (tertiary/aromatic N) is 3. The van der Waals surface area contributed by atoms with Crippen LogP contribution in [0.2, 0.25) is 0 Å². The zero-order valence-electron chi connectivity index (χ0n) is 9.52. The molecule has 4 heteroatoms. The molecule has 1 atom stereocenters. The second kappa shape index (κ2) is 6.62. The second-order valence-electron chi connectivity index (χ2n) is 3.80. The molecule has 0 radical (unpaired) electrons. The summed E-state index contributed by atoms with van der Waals surface area (Å²) in [6, 6.07) is 0. The SMILES string of the molecule is CCCCCCN1C=CN(C)C1SC#N. The maximum Gasteiger partial charge on any atom is 0.163 e. The second-order valence-corrected chi connectivity index (χ2v) is 4.64. The Labute approximate surface area is 96.7 Å². The van der Waals surface area contributed by atoms with Gasteiger partial charge < -0.3 is 9.80 Å². The summed E-state index contributed by atoms with van der Waals surface area (Å²) in [6.45, 7) is 3.28. The summed E-state index contributed by atoms with van der Waals surface area (Å²) in [4.78, 5) is 4.32. The van der Waals surface area contributed by atoms with Gasteiger partial charge in [0, 0.05) is 37.8 Å². The predicted molar refractivity (Wildman–Crippen MR) is 64.7 cm³/mol. The van der Waals surface area contributed by atoms with Crippen LogP contribution in [0, 0.1) is 10.7 Å². The van der Waals surface area contributed by atoms with E-state index in [2.05, 4.69) is 28.3 Å². The third-order valence-electron chi connectivity index (χ3n) is 2.55. The smallest absolute Gasteiger partial charge is 0.163 e. The van der Waals surface area contributed by atoms with E-state index in [1.54, 1.807) is 0 Å². The Morgan fingerprint density at radius 3 is 2.80 bits per heavy atom. The summed E-state index contributed by atoms with van der Waals surface area (Å²) in [5.41, 5.74) is 0.177. The lowest BCUT2D eigenvalue weighted by Gasteiger charge is -2.27. The minimum absolute atomic E-state index is 0.177. The molecule has 15 heavy (non-hydrogen) atoms. The van der Waals surface area contributed by atoms with Gasteiger partial charge in [-0.3, -0.25) is 0 Å². The zero-order valence-corrected chi connectivity index (χ0v) is 10.3. The number of hydrogen-bond acceptors (Lipinski definition) is 4. The van der Waals surface area contributed by atoms with Crippen molar-refractivity contribution >= 4 is 11.8 Å². The van der Waals surface area contributed by atoms with Gasteiger partial charge in [0.05, 0.1) is 0 Å². The molecule has 0 fully saturated rings. The Morgan fingerprint density at radius 2 is 2.13 bits per heavy atom. The van der Waals surface area contributed by atoms with Crippen LogP contribution < -0.4 is 0 Å². The lowest BCUT2D eigenvalue weighted by molar-refractivity contribution is 0.259. The zero-order chi connectivity index (χ0) is 11.1. The molecule has 1 aliphatic heterocycles. The normalized spacial score (nSPS) is 19.7. The average molecular weight is 225 g/mol. The molecule has 0 saturated heterocycles. The van der Waals surface area contributed by atoms with E-state index in [1.165, 1.54) is 37.4 Å². The number of nitriles is 1. The largest absolute Gasteiger partial charge is 0.350 e. The van der Waals surface area contributed by atoms with Crippen molar-refractivity contribution < 1.29 is 0 Å². The average Bonchev–Trinajstić information content (AvgIpc) is 2.57. The molecule has 0 aliphatic carbocycles. The van der Waals surface area contributed by atoms with E-state index in [1.807, 2.05) is 13.2 Å². The van der Waals surface area contributed by atoms with Crippen molar-refractivity contribution in [1.82, 2.24) is 9.80 Å². The van der Waals surface area contributed by atoms with Crippen LogP contribution >= 0.6 is 11.8 Å². The maximum absolute atomic E-state index is 8.70. The summed E-state index contributed by atoms with van der Waals surface area (Å²) < 4.78 is 0. The molecule has 1 aliphatic rings. The lowest BCUT2D eigenvalue weighted by Crippen LogP contribution is -2.33. The molecule has 0 amide bonds. The van der Waals surface area contributed by atoms with E-state index >= 15 is 0 Å². The molecule has 0 N–H and O–H groups in total. The monoisotopic (exact) mass is 225 g/mol. The van der Waals surface area contributed by atoms with Crippen LogP contribution in [-0.2, 0) is 0 Å². The van der Waals surface area contributed by atoms with Crippen LogP contribution in [-0.4, -0.2) is 28.9 Å². The number of thiocyanates is 1. The van der Waals surface area contributed by atoms with Crippen LogP contribution in [0.1, 0.15) is 32.6 Å². The number of thioether (sulfide) groups is 1. The van der Waals surface area contributed by atoms with Crippen LogP contribution in [0.15, 0.2) is 12.4 Å². The molecule has 1 heterocycles. The van der Waals surface area contributed by atoms with Gasteiger partial charge in [-0.25, -0.2) is 0 Å². The first-order valence-electron chi connectivity index (χ1n) is 5.50. The molecule has 0 spiro atoms. The highest BCUT2D eigenvalue weighted by Gasteiger charge is 2.23. The van der Waals surface area contributed by atoms with Crippen LogP contribution in [0.5, 0.6) is 0 Å². The van der Waals surface area contributed by atoms with Crippen LogP contribution in [0.3, 0.4) is 0 Å². The highest BCUT2D eigenvalue weighted by molar-refractivity contribution is 8.04. The highest BCUT2D eigenvalue weighted by Crippen LogP contribution is 2.24. The van der Waals surface area contributed by atoms with Crippen molar-refractivity contribution in [2.45, 2.75) is 38.1 Å². The molecule has 0 saturated carbocycles. The number of rotatable bonds is 6. The fourth-order valence-electron chi connectivity index (χ4n) is 1.68. The van der Waals surface area contributed by atoms with E-state index in [4.69, 9.17) is 5.26 Å². The molecule has 1 unspecified atom stereocenters. The Balaban J connectivity index is 2.28. The van der Waals surface area contributed by atoms with Crippen molar-refractivity contribution in [2.75, 3.05) is 13.6 Å². The van der Waals surface area contributed by atoms with Crippen molar-refractivity contribution in [1.29, 1.82) is 5.26 Å². The van der Waals surface area contributed by atoms with Crippen molar-refractivity contribution in [2.24, 2.45) is 0 Å². The predicted octanol–water partition coefficient (Wildman–Crippen LogP) is 2.78. The number of unbranched alkanes of at least 4 members (excludes halogenated alkanes) is 3. The summed E-state index contributed by atoms with van der Waals surface area (Å²) in [7, 11) is 2.01. The summed E-state index contributed by atoms with van der Waals surface area (Å²) in [6.07, 6.45) is 9.20. The molecular formula is C11H19N3S. The molecule has 0 aromatic rings. The fraction of sp³-hybridized carbons (Fsp3) is 0.727. The van der Waals surface area contributed by atoms with E-state index in [9.17, 15) is 0 Å². The quantitative estimate of drug-likeness (QED) is 0.513. The van der Waals surface area contributed by atoms with Gasteiger partial charge in [-0.1, -0.05) is 26.2 Å². The van der Waals surface area contributed by atoms with Gasteiger partial charge in [0.2, 0.25) is 0 Å². The summed E-state index contributed by atoms with van der Waals surface area (Å²) in [5, 5.41) is 10.9. The molecule has 1 rings (SSSR count). The van der Waals surface area contributed by atoms with E-state index < -0.39 is 0 Å². The van der Waals surface area contributed by atoms with Crippen molar-refractivity contribution in [3.05, 3.63) is 12.4 Å². The topological polar surface area (TPSA) is 30.3 Å². The van der Waals surface area contributed by atoms with Crippen LogP contribution in [0.25, 0.3) is 0 Å². The Hall–Kier alpha value is -0.820. The molecular weight excluding hydrogens is 206 g/mol. The first-order chi connectivity index (χ1) is 7.29. The van der Waals surface area contributed by atoms with E-state index in [0.29, 0.717) is 0 Å². The van der Waals surface area contributed by atoms with Gasteiger partial charge in [-0.05, 0) is 6.42 Å². The number of hydrogen-bond donors (Lipinski definition) is 0. The fourth-order valence-corrected chi connectivity index (χ4v) is 2.32. The van der Waals surface area contributed by atoms with Gasteiger partial charge in [0.1, 0.15) is 5.40 Å². The first kappa shape index (κ1) is 12.3. The summed E-state index contributed by atoms with van der Waals surface area (Å²) in [5.74, 6) is 0. The van der Waals surface area contributed by atoms with Crippen LogP contribution in [0.4, 0.5) is 0 Å². The minimum Gasteiger partial charge on any atom is -0.350 e. The molecule has 0 aromatic heterocycles. The van der Waals surface area contributed by atoms with Gasteiger partial charge in [-0.2, -0.15) is 5.26 Å². The van der Waals surface area contributed by atoms with E-state index in [0.717, 1.165) is 6.54 Å². The minimum atomic E-state index is 0.177.